The van der Waals surface area contributed by atoms with Crippen LogP contribution in [0, 0.1) is 17.6 Å². The maximum atomic E-state index is 13.2. The van der Waals surface area contributed by atoms with Crippen molar-refractivity contribution in [3.8, 4) is 0 Å². The third-order valence-electron chi connectivity index (χ3n) is 2.63. The quantitative estimate of drug-likeness (QED) is 0.790. The Balaban J connectivity index is 2.11. The molecule has 0 bridgehead atoms. The second-order valence-electron chi connectivity index (χ2n) is 3.82. The van der Waals surface area contributed by atoms with E-state index < -0.39 is 17.7 Å². The SMILES string of the molecule is OC(Cc1cccc(F)c1F)C1CC1. The third kappa shape index (κ3) is 1.93. The van der Waals surface area contributed by atoms with E-state index >= 15 is 0 Å². The first-order valence-electron chi connectivity index (χ1n) is 4.79. The lowest BCUT2D eigenvalue weighted by molar-refractivity contribution is 0.150. The summed E-state index contributed by atoms with van der Waals surface area (Å²) in [4.78, 5) is 0. The highest BCUT2D eigenvalue weighted by Crippen LogP contribution is 2.34. The topological polar surface area (TPSA) is 20.2 Å². The largest absolute Gasteiger partial charge is 0.392 e. The summed E-state index contributed by atoms with van der Waals surface area (Å²) in [7, 11) is 0. The molecule has 0 amide bonds. The first kappa shape index (κ1) is 9.59. The van der Waals surface area contributed by atoms with Crippen molar-refractivity contribution in [1.29, 1.82) is 0 Å². The fourth-order valence-corrected chi connectivity index (χ4v) is 1.58. The van der Waals surface area contributed by atoms with E-state index in [-0.39, 0.29) is 17.9 Å². The van der Waals surface area contributed by atoms with Gasteiger partial charge in [-0.3, -0.25) is 0 Å². The van der Waals surface area contributed by atoms with Crippen molar-refractivity contribution in [3.05, 3.63) is 35.4 Å². The second-order valence-corrected chi connectivity index (χ2v) is 3.82. The minimum absolute atomic E-state index is 0.217. The Hall–Kier alpha value is -0.960. The number of aliphatic hydroxyl groups is 1. The Morgan fingerprint density at radius 3 is 2.71 bits per heavy atom. The number of hydrogen-bond acceptors (Lipinski definition) is 1. The van der Waals surface area contributed by atoms with Crippen LogP contribution in [0.5, 0.6) is 0 Å². The van der Waals surface area contributed by atoms with Crippen molar-refractivity contribution in [2.45, 2.75) is 25.4 Å². The van der Waals surface area contributed by atoms with Gasteiger partial charge in [-0.1, -0.05) is 12.1 Å². The molecule has 1 N–H and O–H groups in total. The Labute approximate surface area is 81.4 Å². The molecule has 0 aromatic heterocycles. The van der Waals surface area contributed by atoms with Gasteiger partial charge < -0.3 is 5.11 Å². The van der Waals surface area contributed by atoms with Crippen LogP contribution in [0.25, 0.3) is 0 Å². The molecule has 3 heteroatoms. The van der Waals surface area contributed by atoms with Crippen molar-refractivity contribution in [3.63, 3.8) is 0 Å². The van der Waals surface area contributed by atoms with Crippen LogP contribution in [0.4, 0.5) is 8.78 Å². The fraction of sp³-hybridized carbons (Fsp3) is 0.455. The Bertz CT molecular complexity index is 334. The first-order chi connectivity index (χ1) is 6.68. The number of halogens is 2. The van der Waals surface area contributed by atoms with Crippen LogP contribution < -0.4 is 0 Å². The van der Waals surface area contributed by atoms with Crippen LogP contribution in [0.2, 0.25) is 0 Å². The predicted molar refractivity (Wildman–Crippen MR) is 48.8 cm³/mol. The summed E-state index contributed by atoms with van der Waals surface area (Å²) >= 11 is 0. The smallest absolute Gasteiger partial charge is 0.162 e. The zero-order chi connectivity index (χ0) is 10.1. The van der Waals surface area contributed by atoms with Crippen LogP contribution >= 0.6 is 0 Å². The molecular weight excluding hydrogens is 186 g/mol. The Kier molecular flexibility index (Phi) is 2.50. The van der Waals surface area contributed by atoms with E-state index in [1.54, 1.807) is 0 Å². The molecule has 1 aromatic carbocycles. The molecular formula is C11H12F2O. The molecule has 1 unspecified atom stereocenters. The van der Waals surface area contributed by atoms with E-state index in [0.29, 0.717) is 0 Å². The number of aliphatic hydroxyl groups excluding tert-OH is 1. The summed E-state index contributed by atoms with van der Waals surface area (Å²) in [5.41, 5.74) is 0.268. The van der Waals surface area contributed by atoms with Gasteiger partial charge in [0.05, 0.1) is 6.10 Å². The average Bonchev–Trinajstić information content (AvgIpc) is 2.95. The van der Waals surface area contributed by atoms with Gasteiger partial charge >= 0.3 is 0 Å². The number of benzene rings is 1. The lowest BCUT2D eigenvalue weighted by atomic mass is 10.0. The lowest BCUT2D eigenvalue weighted by Gasteiger charge is -2.09. The molecule has 1 nitrogen and oxygen atoms in total. The van der Waals surface area contributed by atoms with Gasteiger partial charge in [0.2, 0.25) is 0 Å². The zero-order valence-corrected chi connectivity index (χ0v) is 7.71. The predicted octanol–water partition coefficient (Wildman–Crippen LogP) is 2.28. The van der Waals surface area contributed by atoms with Gasteiger partial charge in [0.1, 0.15) is 0 Å². The summed E-state index contributed by atoms with van der Waals surface area (Å²) in [6, 6.07) is 4.07. The molecule has 1 aromatic rings. The van der Waals surface area contributed by atoms with Crippen LogP contribution in [0.1, 0.15) is 18.4 Å². The molecule has 1 fully saturated rings. The fourth-order valence-electron chi connectivity index (χ4n) is 1.58. The van der Waals surface area contributed by atoms with Crippen LogP contribution in [-0.2, 0) is 6.42 Å². The second kappa shape index (κ2) is 3.65. The molecule has 0 aliphatic heterocycles. The van der Waals surface area contributed by atoms with Gasteiger partial charge in [0.25, 0.3) is 0 Å². The van der Waals surface area contributed by atoms with Crippen LogP contribution in [0.15, 0.2) is 18.2 Å². The molecule has 0 saturated heterocycles. The summed E-state index contributed by atoms with van der Waals surface area (Å²) in [5, 5.41) is 9.57. The summed E-state index contributed by atoms with van der Waals surface area (Å²) in [6.45, 7) is 0. The average molecular weight is 198 g/mol. The summed E-state index contributed by atoms with van der Waals surface area (Å²) in [6.07, 6.45) is 1.69. The van der Waals surface area contributed by atoms with Gasteiger partial charge in [0.15, 0.2) is 11.6 Å². The zero-order valence-electron chi connectivity index (χ0n) is 7.71. The highest BCUT2D eigenvalue weighted by atomic mass is 19.2. The van der Waals surface area contributed by atoms with Gasteiger partial charge in [-0.05, 0) is 30.4 Å². The van der Waals surface area contributed by atoms with Crippen molar-refractivity contribution in [2.24, 2.45) is 5.92 Å². The van der Waals surface area contributed by atoms with Gasteiger partial charge in [-0.25, -0.2) is 8.78 Å². The van der Waals surface area contributed by atoms with Gasteiger partial charge in [-0.15, -0.1) is 0 Å². The van der Waals surface area contributed by atoms with Gasteiger partial charge in [-0.2, -0.15) is 0 Å². The molecule has 1 aliphatic rings. The minimum Gasteiger partial charge on any atom is -0.392 e. The van der Waals surface area contributed by atoms with E-state index in [2.05, 4.69) is 0 Å². The van der Waals surface area contributed by atoms with Crippen LogP contribution in [-0.4, -0.2) is 11.2 Å². The molecule has 0 spiro atoms. The molecule has 76 valence electrons. The van der Waals surface area contributed by atoms with Crippen molar-refractivity contribution in [2.75, 3.05) is 0 Å². The van der Waals surface area contributed by atoms with Crippen molar-refractivity contribution in [1.82, 2.24) is 0 Å². The Morgan fingerprint density at radius 2 is 2.07 bits per heavy atom. The first-order valence-corrected chi connectivity index (χ1v) is 4.79. The molecule has 1 atom stereocenters. The molecule has 2 rings (SSSR count). The van der Waals surface area contributed by atoms with E-state index in [1.165, 1.54) is 12.1 Å². The lowest BCUT2D eigenvalue weighted by Crippen LogP contribution is -2.14. The van der Waals surface area contributed by atoms with Crippen molar-refractivity contribution >= 4 is 0 Å². The standard InChI is InChI=1S/C11H12F2O/c12-9-3-1-2-8(11(9)13)6-10(14)7-4-5-7/h1-3,7,10,14H,4-6H2. The summed E-state index contributed by atoms with van der Waals surface area (Å²) < 4.78 is 25.9. The van der Waals surface area contributed by atoms with Crippen LogP contribution in [0.3, 0.4) is 0 Å². The maximum Gasteiger partial charge on any atom is 0.162 e. The number of rotatable bonds is 3. The molecule has 0 heterocycles. The third-order valence-corrected chi connectivity index (χ3v) is 2.63. The highest BCUT2D eigenvalue weighted by molar-refractivity contribution is 5.20. The highest BCUT2D eigenvalue weighted by Gasteiger charge is 2.30. The Morgan fingerprint density at radius 1 is 1.36 bits per heavy atom. The number of hydrogen-bond donors (Lipinski definition) is 1. The van der Waals surface area contributed by atoms with E-state index in [1.807, 2.05) is 0 Å². The van der Waals surface area contributed by atoms with E-state index in [9.17, 15) is 13.9 Å². The molecule has 1 aliphatic carbocycles. The maximum absolute atomic E-state index is 13.2. The van der Waals surface area contributed by atoms with E-state index in [0.717, 1.165) is 18.9 Å². The molecule has 0 radical (unpaired) electrons. The molecule has 1 saturated carbocycles. The molecule has 14 heavy (non-hydrogen) atoms. The van der Waals surface area contributed by atoms with E-state index in [4.69, 9.17) is 0 Å². The minimum atomic E-state index is -0.842. The summed E-state index contributed by atoms with van der Waals surface area (Å²) in [5.74, 6) is -1.38. The van der Waals surface area contributed by atoms with Crippen molar-refractivity contribution < 1.29 is 13.9 Å². The normalized spacial score (nSPS) is 18.2. The monoisotopic (exact) mass is 198 g/mol. The van der Waals surface area contributed by atoms with Gasteiger partial charge in [0, 0.05) is 6.42 Å².